The molecule has 5 N–H and O–H groups in total. The zero-order valence-electron chi connectivity index (χ0n) is 5.61. The minimum absolute atomic E-state index is 0.186. The Bertz CT molecular complexity index is 205. The number of hydrazine groups is 1. The van der Waals surface area contributed by atoms with E-state index in [0.717, 1.165) is 6.20 Å². The Hall–Kier alpha value is -1.81. The van der Waals surface area contributed by atoms with Crippen molar-refractivity contribution in [1.29, 1.82) is 5.39 Å². The molecule has 0 saturated heterocycles. The zero-order valence-corrected chi connectivity index (χ0v) is 5.61. The summed E-state index contributed by atoms with van der Waals surface area (Å²) < 4.78 is 0. The van der Waals surface area contributed by atoms with Crippen molar-refractivity contribution in [3.8, 4) is 0 Å². The second kappa shape index (κ2) is 5.01. The lowest BCUT2D eigenvalue weighted by Gasteiger charge is -1.98. The van der Waals surface area contributed by atoms with Gasteiger partial charge in [-0.1, -0.05) is 0 Å². The fourth-order valence-corrected chi connectivity index (χ4v) is 0.322. The van der Waals surface area contributed by atoms with Gasteiger partial charge in [-0.05, 0) is 0 Å². The van der Waals surface area contributed by atoms with Crippen molar-refractivity contribution in [2.75, 3.05) is 6.54 Å². The monoisotopic (exact) mass is 158 g/mol. The Morgan fingerprint density at radius 1 is 1.82 bits per heavy atom. The van der Waals surface area contributed by atoms with Crippen LogP contribution < -0.4 is 16.6 Å². The van der Waals surface area contributed by atoms with Crippen LogP contribution in [0, 0.1) is 5.39 Å². The number of aliphatic hydroxyl groups is 1. The van der Waals surface area contributed by atoms with E-state index in [1.807, 2.05) is 5.43 Å². The number of nitrogens with two attached hydrogens (primary N) is 1. The molecule has 0 rings (SSSR count). The molecule has 60 valence electrons. The number of rotatable bonds is 3. The summed E-state index contributed by atoms with van der Waals surface area (Å²) in [6.45, 7) is -0.186. The van der Waals surface area contributed by atoms with Crippen molar-refractivity contribution >= 4 is 5.91 Å². The number of nitrogens with zero attached hydrogens (tertiary/aromatic N) is 2. The molecule has 7 heteroatoms. The lowest BCUT2D eigenvalue weighted by molar-refractivity contribution is -0.120. The fraction of sp³-hybridized carbons (Fsp3) is 0.250. The Morgan fingerprint density at radius 2 is 2.45 bits per heavy atom. The van der Waals surface area contributed by atoms with Gasteiger partial charge < -0.3 is 10.4 Å². The number of nitrogens with one attached hydrogen (secondary N) is 2. The van der Waals surface area contributed by atoms with Gasteiger partial charge in [0.25, 0.3) is 11.8 Å². The van der Waals surface area contributed by atoms with Crippen LogP contribution in [0.15, 0.2) is 12.1 Å². The summed E-state index contributed by atoms with van der Waals surface area (Å²) in [6.07, 6.45) is 0.740. The molecule has 0 fully saturated rings. The highest BCUT2D eigenvalue weighted by Crippen LogP contribution is 1.80. The molecule has 0 radical (unpaired) electrons. The highest BCUT2D eigenvalue weighted by Gasteiger charge is 2.01. The van der Waals surface area contributed by atoms with Gasteiger partial charge in [-0.2, -0.15) is 0 Å². The van der Waals surface area contributed by atoms with E-state index in [4.69, 9.17) is 16.3 Å². The van der Waals surface area contributed by atoms with E-state index >= 15 is 0 Å². The maximum atomic E-state index is 10.4. The van der Waals surface area contributed by atoms with Crippen molar-refractivity contribution in [3.63, 3.8) is 0 Å². The van der Waals surface area contributed by atoms with Gasteiger partial charge in [0, 0.05) is 0 Å². The van der Waals surface area contributed by atoms with E-state index in [1.165, 1.54) is 0 Å². The number of diazo groups is 1. The molecule has 0 aromatic heterocycles. The highest BCUT2D eigenvalue weighted by molar-refractivity contribution is 5.77. The van der Waals surface area contributed by atoms with Crippen LogP contribution in [0.4, 0.5) is 0 Å². The number of hydrogen-bond donors (Lipinski definition) is 4. The SMILES string of the molecule is N#[N+]C=C(O)NCC(=O)NN. The molecule has 0 aromatic rings. The smallest absolute Gasteiger partial charge is 0.409 e. The van der Waals surface area contributed by atoms with Crippen molar-refractivity contribution in [2.45, 2.75) is 0 Å². The highest BCUT2D eigenvalue weighted by atomic mass is 16.3. The molecular weight excluding hydrogens is 150 g/mol. The van der Waals surface area contributed by atoms with Crippen molar-refractivity contribution < 1.29 is 9.90 Å². The molecule has 0 bridgehead atoms. The molecule has 7 nitrogen and oxygen atoms in total. The summed E-state index contributed by atoms with van der Waals surface area (Å²) in [7, 11) is 0. The van der Waals surface area contributed by atoms with Gasteiger partial charge in [0.05, 0.1) is 6.54 Å². The van der Waals surface area contributed by atoms with Gasteiger partial charge in [-0.3, -0.25) is 10.2 Å². The van der Waals surface area contributed by atoms with Crippen molar-refractivity contribution in [1.82, 2.24) is 10.7 Å². The first-order chi connectivity index (χ1) is 5.20. The van der Waals surface area contributed by atoms with Gasteiger partial charge in [0.2, 0.25) is 5.39 Å². The quantitative estimate of drug-likeness (QED) is 0.135. The van der Waals surface area contributed by atoms with Gasteiger partial charge >= 0.3 is 6.20 Å². The summed E-state index contributed by atoms with van der Waals surface area (Å²) in [5.41, 5.74) is 1.83. The third-order valence-electron chi connectivity index (χ3n) is 0.771. The van der Waals surface area contributed by atoms with Crippen LogP contribution in [-0.4, -0.2) is 17.6 Å². The lowest BCUT2D eigenvalue weighted by Crippen LogP contribution is -2.37. The third kappa shape index (κ3) is 4.68. The molecule has 0 unspecified atom stereocenters. The fourth-order valence-electron chi connectivity index (χ4n) is 0.322. The number of aliphatic hydroxyl groups excluding tert-OH is 1. The van der Waals surface area contributed by atoms with Crippen LogP contribution >= 0.6 is 0 Å². The van der Waals surface area contributed by atoms with Gasteiger partial charge in [-0.15, -0.1) is 0 Å². The van der Waals surface area contributed by atoms with E-state index < -0.39 is 11.8 Å². The maximum absolute atomic E-state index is 10.4. The van der Waals surface area contributed by atoms with Crippen molar-refractivity contribution in [3.05, 3.63) is 17.1 Å². The zero-order chi connectivity index (χ0) is 8.69. The molecule has 0 atom stereocenters. The van der Waals surface area contributed by atoms with Crippen LogP contribution in [-0.2, 0) is 4.79 Å². The number of hydrogen-bond acceptors (Lipinski definition) is 5. The second-order valence-electron chi connectivity index (χ2n) is 1.55. The summed E-state index contributed by atoms with van der Waals surface area (Å²) in [5.74, 6) is 3.80. The molecule has 11 heavy (non-hydrogen) atoms. The van der Waals surface area contributed by atoms with Gasteiger partial charge in [0.15, 0.2) is 4.98 Å². The topological polar surface area (TPSA) is 116 Å². The van der Waals surface area contributed by atoms with E-state index in [-0.39, 0.29) is 6.54 Å². The molecule has 0 aromatic carbocycles. The Kier molecular flexibility index (Phi) is 4.19. The van der Waals surface area contributed by atoms with Crippen LogP contribution in [0.25, 0.3) is 4.98 Å². The molecule has 0 heterocycles. The average molecular weight is 158 g/mol. The van der Waals surface area contributed by atoms with Gasteiger partial charge in [0.1, 0.15) is 0 Å². The summed E-state index contributed by atoms with van der Waals surface area (Å²) >= 11 is 0. The first-order valence-electron chi connectivity index (χ1n) is 2.67. The first kappa shape index (κ1) is 9.19. The van der Waals surface area contributed by atoms with Gasteiger partial charge in [-0.25, -0.2) is 5.84 Å². The standard InChI is InChI=1S/C4H7N5O2/c5-8-2-3(10)7-1-4(11)9-6/h2,5-7,10H,1H2/p+1. The Labute approximate surface area is 62.5 Å². The van der Waals surface area contributed by atoms with Crippen LogP contribution in [0.1, 0.15) is 0 Å². The first-order valence-corrected chi connectivity index (χ1v) is 2.67. The van der Waals surface area contributed by atoms with E-state index in [2.05, 4.69) is 10.3 Å². The number of amides is 1. The lowest BCUT2D eigenvalue weighted by atomic mass is 10.6. The predicted octanol–water partition coefficient (Wildman–Crippen LogP) is -1.22. The normalized spacial score (nSPS) is 10.0. The largest absolute Gasteiger partial charge is 0.490 e. The van der Waals surface area contributed by atoms with Crippen LogP contribution in [0.2, 0.25) is 0 Å². The summed E-state index contributed by atoms with van der Waals surface area (Å²) in [6, 6.07) is 0. The van der Waals surface area contributed by atoms with E-state index in [0.29, 0.717) is 0 Å². The third-order valence-corrected chi connectivity index (χ3v) is 0.771. The molecule has 0 aliphatic carbocycles. The average Bonchev–Trinajstić information content (AvgIpc) is 2.01. The molecule has 0 aliphatic heterocycles. The van der Waals surface area contributed by atoms with Crippen LogP contribution in [0.5, 0.6) is 0 Å². The molecule has 0 saturated carbocycles. The number of carbonyl (C=O) groups is 1. The summed E-state index contributed by atoms with van der Waals surface area (Å²) in [5, 5.41) is 18.8. The Balaban J connectivity index is 3.64. The Morgan fingerprint density at radius 3 is 2.91 bits per heavy atom. The predicted molar refractivity (Wildman–Crippen MR) is 36.1 cm³/mol. The van der Waals surface area contributed by atoms with E-state index in [1.54, 1.807) is 0 Å². The minimum Gasteiger partial charge on any atom is -0.490 e. The minimum atomic E-state index is -0.497. The maximum Gasteiger partial charge on any atom is 0.409 e. The number of carbonyl (C=O) groups excluding carboxylic acids is 1. The molecular formula is C4H8N5O2+. The van der Waals surface area contributed by atoms with Crippen LogP contribution in [0.3, 0.4) is 0 Å². The summed E-state index contributed by atoms with van der Waals surface area (Å²) in [4.78, 5) is 12.9. The molecule has 0 aliphatic rings. The van der Waals surface area contributed by atoms with E-state index in [9.17, 15) is 4.79 Å². The molecule has 0 spiro atoms. The second-order valence-corrected chi connectivity index (χ2v) is 1.55. The van der Waals surface area contributed by atoms with Crippen molar-refractivity contribution in [2.24, 2.45) is 5.84 Å². The molecule has 1 amide bonds.